The van der Waals surface area contributed by atoms with E-state index in [-0.39, 0.29) is 5.41 Å². The zero-order valence-corrected chi connectivity index (χ0v) is 17.6. The van der Waals surface area contributed by atoms with Gasteiger partial charge in [-0.2, -0.15) is 10.2 Å². The molecule has 3 aromatic rings. The molecule has 2 fully saturated rings. The molecule has 152 valence electrons. The Labute approximate surface area is 183 Å². The number of hydrogen-bond donors (Lipinski definition) is 0. The number of rotatable bonds is 3. The fourth-order valence-electron chi connectivity index (χ4n) is 4.38. The molecule has 4 heterocycles. The summed E-state index contributed by atoms with van der Waals surface area (Å²) >= 11 is 12.2. The molecule has 30 heavy (non-hydrogen) atoms. The molecule has 0 atom stereocenters. The maximum absolute atomic E-state index is 9.10. The number of nitriles is 1. The van der Waals surface area contributed by atoms with Gasteiger partial charge in [-0.3, -0.25) is 4.98 Å². The van der Waals surface area contributed by atoms with E-state index >= 15 is 0 Å². The average Bonchev–Trinajstić information content (AvgIpc) is 3.22. The van der Waals surface area contributed by atoms with Gasteiger partial charge >= 0.3 is 6.01 Å². The molecule has 0 amide bonds. The van der Waals surface area contributed by atoms with Crippen LogP contribution in [0.1, 0.15) is 18.4 Å². The Morgan fingerprint density at radius 3 is 2.57 bits per heavy atom. The minimum atomic E-state index is 0.175. The summed E-state index contributed by atoms with van der Waals surface area (Å²) in [6, 6.07) is 9.78. The Morgan fingerprint density at radius 1 is 1.03 bits per heavy atom. The third kappa shape index (κ3) is 3.57. The van der Waals surface area contributed by atoms with Gasteiger partial charge in [-0.15, -0.1) is 0 Å². The van der Waals surface area contributed by atoms with Crippen molar-refractivity contribution in [3.8, 4) is 17.5 Å². The summed E-state index contributed by atoms with van der Waals surface area (Å²) in [6.45, 7) is 3.58. The van der Waals surface area contributed by atoms with Crippen LogP contribution >= 0.6 is 23.2 Å². The second-order valence-corrected chi connectivity index (χ2v) is 8.86. The van der Waals surface area contributed by atoms with Gasteiger partial charge in [0.1, 0.15) is 6.07 Å². The van der Waals surface area contributed by atoms with E-state index in [9.17, 15) is 0 Å². The highest BCUT2D eigenvalue weighted by atomic mass is 35.5. The lowest BCUT2D eigenvalue weighted by molar-refractivity contribution is 0.169. The fraction of sp³-hybridized carbons (Fsp3) is 0.333. The predicted octanol–water partition coefficient (Wildman–Crippen LogP) is 4.42. The van der Waals surface area contributed by atoms with Crippen LogP contribution in [0.2, 0.25) is 10.0 Å². The second kappa shape index (κ2) is 7.46. The molecule has 0 radical (unpaired) electrons. The van der Waals surface area contributed by atoms with E-state index in [2.05, 4.69) is 31.0 Å². The molecule has 2 aliphatic rings. The van der Waals surface area contributed by atoms with Gasteiger partial charge in [0, 0.05) is 53.4 Å². The number of anilines is 2. The minimum Gasteiger partial charge on any atom is -0.369 e. The SMILES string of the molecule is N#Cc1cncc(N2CC3(CCCN(c4nc(-c5cc(Cl)cc(Cl)c5)no4)C3)C2)c1. The monoisotopic (exact) mass is 440 g/mol. The Balaban J connectivity index is 1.30. The highest BCUT2D eigenvalue weighted by molar-refractivity contribution is 6.35. The molecule has 2 saturated heterocycles. The first-order chi connectivity index (χ1) is 14.5. The topological polar surface area (TPSA) is 82.1 Å². The standard InChI is InChI=1S/C21H18Cl2N6O/c22-16-5-15(6-17(23)7-16)19-26-20(30-27-19)28-3-1-2-21(11-28)12-29(13-21)18-4-14(8-24)9-25-10-18/h4-7,9-10H,1-3,11-13H2. The lowest BCUT2D eigenvalue weighted by Crippen LogP contribution is -2.63. The maximum Gasteiger partial charge on any atom is 0.324 e. The van der Waals surface area contributed by atoms with Crippen molar-refractivity contribution in [2.45, 2.75) is 12.8 Å². The summed E-state index contributed by atoms with van der Waals surface area (Å²) in [5.41, 5.74) is 2.48. The molecular weight excluding hydrogens is 423 g/mol. The van der Waals surface area contributed by atoms with E-state index in [4.69, 9.17) is 33.0 Å². The van der Waals surface area contributed by atoms with Crippen molar-refractivity contribution in [2.75, 3.05) is 36.0 Å². The molecule has 9 heteroatoms. The van der Waals surface area contributed by atoms with Crippen LogP contribution in [-0.4, -0.2) is 41.3 Å². The van der Waals surface area contributed by atoms with Crippen LogP contribution in [0.4, 0.5) is 11.7 Å². The fourth-order valence-corrected chi connectivity index (χ4v) is 4.91. The van der Waals surface area contributed by atoms with Gasteiger partial charge in [-0.05, 0) is 37.1 Å². The summed E-state index contributed by atoms with van der Waals surface area (Å²) in [7, 11) is 0. The van der Waals surface area contributed by atoms with Gasteiger partial charge in [-0.1, -0.05) is 28.4 Å². The van der Waals surface area contributed by atoms with Crippen molar-refractivity contribution in [1.82, 2.24) is 15.1 Å². The van der Waals surface area contributed by atoms with Gasteiger partial charge in [-0.25, -0.2) is 0 Å². The van der Waals surface area contributed by atoms with E-state index in [1.165, 1.54) is 0 Å². The molecule has 2 aromatic heterocycles. The van der Waals surface area contributed by atoms with Crippen molar-refractivity contribution in [3.05, 3.63) is 52.3 Å². The van der Waals surface area contributed by atoms with Crippen LogP contribution in [0, 0.1) is 16.7 Å². The summed E-state index contributed by atoms with van der Waals surface area (Å²) in [4.78, 5) is 13.2. The van der Waals surface area contributed by atoms with Crippen molar-refractivity contribution in [3.63, 3.8) is 0 Å². The van der Waals surface area contributed by atoms with E-state index in [0.29, 0.717) is 27.4 Å². The Bertz CT molecular complexity index is 1110. The molecule has 1 spiro atoms. The van der Waals surface area contributed by atoms with Crippen LogP contribution in [0.25, 0.3) is 11.4 Å². The van der Waals surface area contributed by atoms with E-state index in [1.807, 2.05) is 12.3 Å². The summed E-state index contributed by atoms with van der Waals surface area (Å²) in [5, 5.41) is 14.3. The zero-order chi connectivity index (χ0) is 20.7. The van der Waals surface area contributed by atoms with Gasteiger partial charge < -0.3 is 14.3 Å². The summed E-state index contributed by atoms with van der Waals surface area (Å²) in [6.07, 6.45) is 5.61. The molecule has 2 aliphatic heterocycles. The van der Waals surface area contributed by atoms with Gasteiger partial charge in [0.15, 0.2) is 0 Å². The van der Waals surface area contributed by atoms with Crippen molar-refractivity contribution >= 4 is 34.9 Å². The van der Waals surface area contributed by atoms with Crippen LogP contribution in [0.3, 0.4) is 0 Å². The largest absolute Gasteiger partial charge is 0.369 e. The molecule has 1 aromatic carbocycles. The normalized spacial score (nSPS) is 17.6. The predicted molar refractivity (Wildman–Crippen MR) is 115 cm³/mol. The number of halogens is 2. The van der Waals surface area contributed by atoms with Crippen LogP contribution < -0.4 is 9.80 Å². The number of aromatic nitrogens is 3. The van der Waals surface area contributed by atoms with E-state index in [1.54, 1.807) is 24.4 Å². The van der Waals surface area contributed by atoms with Gasteiger partial charge in [0.05, 0.1) is 17.4 Å². The van der Waals surface area contributed by atoms with Gasteiger partial charge in [0.2, 0.25) is 5.82 Å². The second-order valence-electron chi connectivity index (χ2n) is 7.98. The lowest BCUT2D eigenvalue weighted by Gasteiger charge is -2.55. The van der Waals surface area contributed by atoms with Crippen molar-refractivity contribution in [1.29, 1.82) is 5.26 Å². The molecule has 0 bridgehead atoms. The number of hydrogen-bond acceptors (Lipinski definition) is 7. The lowest BCUT2D eigenvalue weighted by atomic mass is 9.73. The Hall–Kier alpha value is -2.82. The summed E-state index contributed by atoms with van der Waals surface area (Å²) in [5.74, 6) is 0.476. The quantitative estimate of drug-likeness (QED) is 0.595. The number of benzene rings is 1. The first kappa shape index (κ1) is 19.2. The van der Waals surface area contributed by atoms with E-state index in [0.717, 1.165) is 50.3 Å². The maximum atomic E-state index is 9.10. The Morgan fingerprint density at radius 2 is 1.80 bits per heavy atom. The van der Waals surface area contributed by atoms with Crippen LogP contribution in [-0.2, 0) is 0 Å². The van der Waals surface area contributed by atoms with Crippen molar-refractivity contribution in [2.24, 2.45) is 5.41 Å². The van der Waals surface area contributed by atoms with E-state index < -0.39 is 0 Å². The zero-order valence-electron chi connectivity index (χ0n) is 16.1. The Kier molecular flexibility index (Phi) is 4.76. The molecule has 7 nitrogen and oxygen atoms in total. The molecule has 0 aliphatic carbocycles. The highest BCUT2D eigenvalue weighted by Crippen LogP contribution is 2.42. The molecular formula is C21H18Cl2N6O. The summed E-state index contributed by atoms with van der Waals surface area (Å²) < 4.78 is 5.56. The molecule has 5 rings (SSSR count). The first-order valence-electron chi connectivity index (χ1n) is 9.69. The van der Waals surface area contributed by atoms with Crippen molar-refractivity contribution < 1.29 is 4.52 Å². The minimum absolute atomic E-state index is 0.175. The molecule has 0 unspecified atom stereocenters. The average molecular weight is 441 g/mol. The third-order valence-corrected chi connectivity index (χ3v) is 6.18. The first-order valence-corrected chi connectivity index (χ1v) is 10.4. The number of pyridine rings is 1. The molecule has 0 saturated carbocycles. The number of piperidine rings is 1. The number of nitrogens with zero attached hydrogens (tertiary/aromatic N) is 6. The van der Waals surface area contributed by atoms with Crippen LogP contribution in [0.5, 0.6) is 0 Å². The third-order valence-electron chi connectivity index (χ3n) is 5.74. The molecule has 0 N–H and O–H groups in total. The van der Waals surface area contributed by atoms with Crippen LogP contribution in [0.15, 0.2) is 41.2 Å². The highest BCUT2D eigenvalue weighted by Gasteiger charge is 2.46. The smallest absolute Gasteiger partial charge is 0.324 e. The van der Waals surface area contributed by atoms with Gasteiger partial charge in [0.25, 0.3) is 0 Å².